The summed E-state index contributed by atoms with van der Waals surface area (Å²) in [6.45, 7) is 0. The van der Waals surface area contributed by atoms with Crippen LogP contribution in [0.2, 0.25) is 0 Å². The fraction of sp³-hybridized carbons (Fsp3) is 0.154. The standard InChI is InChI=1S/C13H9BrN4/c14-13-10(7-16)11(17)9(6-15)12(18-13)8-4-2-1-3-5-8/h1-5,9,11H,17H2. The van der Waals surface area contributed by atoms with Gasteiger partial charge in [-0.25, -0.2) is 4.99 Å². The van der Waals surface area contributed by atoms with Crippen molar-refractivity contribution in [2.24, 2.45) is 16.6 Å². The molecule has 0 fully saturated rings. The van der Waals surface area contributed by atoms with Crippen molar-refractivity contribution in [1.29, 1.82) is 10.5 Å². The summed E-state index contributed by atoms with van der Waals surface area (Å²) in [5.74, 6) is -0.608. The number of nitrogens with zero attached hydrogens (tertiary/aromatic N) is 3. The summed E-state index contributed by atoms with van der Waals surface area (Å²) in [4.78, 5) is 4.30. The molecule has 0 aliphatic carbocycles. The highest BCUT2D eigenvalue weighted by atomic mass is 79.9. The number of aliphatic imine (C=N–C) groups is 1. The first-order chi connectivity index (χ1) is 8.69. The van der Waals surface area contributed by atoms with Crippen LogP contribution in [-0.4, -0.2) is 11.8 Å². The van der Waals surface area contributed by atoms with Crippen molar-refractivity contribution in [1.82, 2.24) is 0 Å². The highest BCUT2D eigenvalue weighted by Crippen LogP contribution is 2.28. The van der Waals surface area contributed by atoms with E-state index < -0.39 is 12.0 Å². The molecule has 2 rings (SSSR count). The molecule has 2 unspecified atom stereocenters. The predicted molar refractivity (Wildman–Crippen MR) is 71.6 cm³/mol. The molecule has 0 radical (unpaired) electrons. The second-order valence-corrected chi connectivity index (χ2v) is 4.56. The van der Waals surface area contributed by atoms with Gasteiger partial charge in [0.1, 0.15) is 10.5 Å². The van der Waals surface area contributed by atoms with Crippen LogP contribution in [0.15, 0.2) is 45.5 Å². The minimum Gasteiger partial charge on any atom is -0.322 e. The van der Waals surface area contributed by atoms with Gasteiger partial charge in [0.05, 0.1) is 29.5 Å². The summed E-state index contributed by atoms with van der Waals surface area (Å²) in [5.41, 5.74) is 7.69. The first-order valence-electron chi connectivity index (χ1n) is 5.28. The van der Waals surface area contributed by atoms with Crippen LogP contribution in [0.25, 0.3) is 0 Å². The lowest BCUT2D eigenvalue weighted by molar-refractivity contribution is 0.700. The zero-order valence-corrected chi connectivity index (χ0v) is 10.9. The van der Waals surface area contributed by atoms with Gasteiger partial charge < -0.3 is 5.73 Å². The van der Waals surface area contributed by atoms with Gasteiger partial charge >= 0.3 is 0 Å². The number of halogens is 1. The molecular weight excluding hydrogens is 292 g/mol. The molecule has 0 spiro atoms. The second kappa shape index (κ2) is 5.14. The van der Waals surface area contributed by atoms with Gasteiger partial charge in [0.2, 0.25) is 0 Å². The van der Waals surface area contributed by atoms with Crippen molar-refractivity contribution in [3.05, 3.63) is 46.1 Å². The molecule has 18 heavy (non-hydrogen) atoms. The van der Waals surface area contributed by atoms with Crippen LogP contribution in [0, 0.1) is 28.6 Å². The zero-order valence-electron chi connectivity index (χ0n) is 9.34. The average Bonchev–Trinajstić information content (AvgIpc) is 2.39. The van der Waals surface area contributed by atoms with Crippen molar-refractivity contribution < 1.29 is 0 Å². The van der Waals surface area contributed by atoms with Crippen molar-refractivity contribution in [3.63, 3.8) is 0 Å². The van der Waals surface area contributed by atoms with Crippen LogP contribution >= 0.6 is 15.9 Å². The first kappa shape index (κ1) is 12.5. The van der Waals surface area contributed by atoms with Gasteiger partial charge in [-0.3, -0.25) is 0 Å². The second-order valence-electron chi connectivity index (χ2n) is 3.81. The molecule has 2 N–H and O–H groups in total. The third-order valence-electron chi connectivity index (χ3n) is 2.76. The fourth-order valence-electron chi connectivity index (χ4n) is 1.82. The van der Waals surface area contributed by atoms with Gasteiger partial charge in [0.15, 0.2) is 0 Å². The third kappa shape index (κ3) is 2.06. The molecule has 1 aliphatic heterocycles. The Morgan fingerprint density at radius 1 is 1.22 bits per heavy atom. The van der Waals surface area contributed by atoms with E-state index in [1.54, 1.807) is 0 Å². The highest BCUT2D eigenvalue weighted by Gasteiger charge is 2.32. The number of nitrogens with two attached hydrogens (primary N) is 1. The summed E-state index contributed by atoms with van der Waals surface area (Å²) in [5, 5.41) is 18.2. The lowest BCUT2D eigenvalue weighted by Crippen LogP contribution is -2.39. The van der Waals surface area contributed by atoms with Crippen molar-refractivity contribution in [2.75, 3.05) is 0 Å². The van der Waals surface area contributed by atoms with E-state index >= 15 is 0 Å². The van der Waals surface area contributed by atoms with Gasteiger partial charge in [-0.15, -0.1) is 0 Å². The predicted octanol–water partition coefficient (Wildman–Crippen LogP) is 2.09. The molecule has 4 nitrogen and oxygen atoms in total. The summed E-state index contributed by atoms with van der Waals surface area (Å²) in [6, 6.07) is 12.8. The molecule has 1 aromatic carbocycles. The quantitative estimate of drug-likeness (QED) is 0.806. The van der Waals surface area contributed by atoms with Crippen LogP contribution < -0.4 is 5.73 Å². The van der Waals surface area contributed by atoms with Gasteiger partial charge in [-0.2, -0.15) is 10.5 Å². The molecule has 1 aliphatic rings. The lowest BCUT2D eigenvalue weighted by atomic mass is 9.86. The van der Waals surface area contributed by atoms with Gasteiger partial charge in [-0.1, -0.05) is 30.3 Å². The van der Waals surface area contributed by atoms with E-state index in [1.807, 2.05) is 36.4 Å². The van der Waals surface area contributed by atoms with E-state index in [9.17, 15) is 5.26 Å². The Morgan fingerprint density at radius 2 is 1.89 bits per heavy atom. The normalized spacial score (nSPS) is 23.0. The van der Waals surface area contributed by atoms with Gasteiger partial charge in [0.25, 0.3) is 0 Å². The van der Waals surface area contributed by atoms with E-state index in [2.05, 4.69) is 27.0 Å². The molecular formula is C13H9BrN4. The maximum absolute atomic E-state index is 9.23. The molecule has 0 saturated carbocycles. The maximum atomic E-state index is 9.23. The van der Waals surface area contributed by atoms with E-state index in [0.29, 0.717) is 15.9 Å². The Balaban J connectivity index is 2.57. The van der Waals surface area contributed by atoms with Crippen LogP contribution in [0.1, 0.15) is 5.56 Å². The largest absolute Gasteiger partial charge is 0.322 e. The topological polar surface area (TPSA) is 86.0 Å². The van der Waals surface area contributed by atoms with Crippen LogP contribution in [0.4, 0.5) is 0 Å². The molecule has 0 bridgehead atoms. The van der Waals surface area contributed by atoms with Crippen molar-refractivity contribution in [2.45, 2.75) is 6.04 Å². The zero-order chi connectivity index (χ0) is 13.1. The van der Waals surface area contributed by atoms with Crippen molar-refractivity contribution in [3.8, 4) is 12.1 Å². The number of hydrogen-bond donors (Lipinski definition) is 1. The van der Waals surface area contributed by atoms with Gasteiger partial charge in [-0.05, 0) is 21.5 Å². The Kier molecular flexibility index (Phi) is 3.57. The van der Waals surface area contributed by atoms with Crippen LogP contribution in [-0.2, 0) is 0 Å². The summed E-state index contributed by atoms with van der Waals surface area (Å²) in [7, 11) is 0. The monoisotopic (exact) mass is 300 g/mol. The SMILES string of the molecule is N#CC1=C(Br)N=C(c2ccccc2)C(C#N)C1N. The fourth-order valence-corrected chi connectivity index (χ4v) is 2.37. The summed E-state index contributed by atoms with van der Waals surface area (Å²) >= 11 is 3.23. The minimum atomic E-state index is -0.651. The first-order valence-corrected chi connectivity index (χ1v) is 6.07. The molecule has 1 heterocycles. The van der Waals surface area contributed by atoms with E-state index in [-0.39, 0.29) is 0 Å². The molecule has 88 valence electrons. The van der Waals surface area contributed by atoms with Gasteiger partial charge in [0, 0.05) is 0 Å². The molecule has 5 heteroatoms. The smallest absolute Gasteiger partial charge is 0.121 e. The van der Waals surface area contributed by atoms with Crippen LogP contribution in [0.3, 0.4) is 0 Å². The molecule has 0 amide bonds. The summed E-state index contributed by atoms with van der Waals surface area (Å²) < 4.78 is 0.405. The number of benzene rings is 1. The van der Waals surface area contributed by atoms with Crippen LogP contribution in [0.5, 0.6) is 0 Å². The van der Waals surface area contributed by atoms with Crippen molar-refractivity contribution >= 4 is 21.6 Å². The molecule has 0 saturated heterocycles. The minimum absolute atomic E-state index is 0.307. The van der Waals surface area contributed by atoms with E-state index in [0.717, 1.165) is 5.56 Å². The summed E-state index contributed by atoms with van der Waals surface area (Å²) in [6.07, 6.45) is 0. The third-order valence-corrected chi connectivity index (χ3v) is 3.36. The molecule has 2 atom stereocenters. The van der Waals surface area contributed by atoms with E-state index in [1.165, 1.54) is 0 Å². The Bertz CT molecular complexity index is 604. The Morgan fingerprint density at radius 3 is 2.44 bits per heavy atom. The highest BCUT2D eigenvalue weighted by molar-refractivity contribution is 9.11. The number of hydrogen-bond acceptors (Lipinski definition) is 4. The maximum Gasteiger partial charge on any atom is 0.121 e. The number of rotatable bonds is 1. The molecule has 1 aromatic rings. The Labute approximate surface area is 113 Å². The van der Waals surface area contributed by atoms with E-state index in [4.69, 9.17) is 11.0 Å². The molecule has 0 aromatic heterocycles. The Hall–Kier alpha value is -1.95. The number of nitriles is 2. The average molecular weight is 301 g/mol. The lowest BCUT2D eigenvalue weighted by Gasteiger charge is -2.23.